The van der Waals surface area contributed by atoms with Gasteiger partial charge in [-0.3, -0.25) is 14.4 Å². The zero-order valence-corrected chi connectivity index (χ0v) is 16.3. The Balaban J connectivity index is 1.41. The summed E-state index contributed by atoms with van der Waals surface area (Å²) in [4.78, 5) is 40.0. The number of hydrogen-bond donors (Lipinski definition) is 2. The number of amides is 3. The molecule has 4 rings (SSSR count). The average Bonchev–Trinajstić information content (AvgIpc) is 3.36. The highest BCUT2D eigenvalue weighted by Crippen LogP contribution is 2.23. The summed E-state index contributed by atoms with van der Waals surface area (Å²) in [6, 6.07) is 10.4. The fraction of sp³-hybridized carbons (Fsp3) is 0.381. The van der Waals surface area contributed by atoms with Gasteiger partial charge in [-0.05, 0) is 67.8 Å². The number of nitrogens with zero attached hydrogens (tertiary/aromatic N) is 1. The van der Waals surface area contributed by atoms with Crippen LogP contribution in [-0.4, -0.2) is 41.2 Å². The minimum atomic E-state index is -0.471. The van der Waals surface area contributed by atoms with Crippen LogP contribution in [0.15, 0.2) is 41.8 Å². The highest BCUT2D eigenvalue weighted by atomic mass is 32.1. The maximum absolute atomic E-state index is 12.8. The topological polar surface area (TPSA) is 78.5 Å². The van der Waals surface area contributed by atoms with Gasteiger partial charge in [0.1, 0.15) is 6.04 Å². The van der Waals surface area contributed by atoms with Crippen molar-refractivity contribution < 1.29 is 14.4 Å². The fourth-order valence-electron chi connectivity index (χ4n) is 3.42. The fourth-order valence-corrected chi connectivity index (χ4v) is 4.09. The van der Waals surface area contributed by atoms with E-state index in [1.54, 1.807) is 35.2 Å². The van der Waals surface area contributed by atoms with E-state index in [2.05, 4.69) is 10.6 Å². The molecule has 1 saturated heterocycles. The molecule has 0 radical (unpaired) electrons. The van der Waals surface area contributed by atoms with Crippen molar-refractivity contribution in [2.75, 3.05) is 11.9 Å². The summed E-state index contributed by atoms with van der Waals surface area (Å²) in [7, 11) is 0. The molecule has 1 aromatic heterocycles. The summed E-state index contributed by atoms with van der Waals surface area (Å²) < 4.78 is 0. The van der Waals surface area contributed by atoms with E-state index in [4.69, 9.17) is 0 Å². The Labute approximate surface area is 167 Å². The van der Waals surface area contributed by atoms with Gasteiger partial charge in [0, 0.05) is 23.8 Å². The summed E-state index contributed by atoms with van der Waals surface area (Å²) in [5.74, 6) is -0.345. The molecule has 6 nitrogen and oxygen atoms in total. The summed E-state index contributed by atoms with van der Waals surface area (Å²) in [6.07, 6.45) is 4.58. The first kappa shape index (κ1) is 18.7. The Bertz CT molecular complexity index is 860. The number of rotatable bonds is 5. The van der Waals surface area contributed by atoms with Crippen LogP contribution < -0.4 is 10.6 Å². The average molecular weight is 398 g/mol. The van der Waals surface area contributed by atoms with E-state index in [1.165, 1.54) is 11.3 Å². The number of hydrogen-bond acceptors (Lipinski definition) is 4. The summed E-state index contributed by atoms with van der Waals surface area (Å²) in [6.45, 7) is 0.592. The maximum Gasteiger partial charge on any atom is 0.264 e. The zero-order chi connectivity index (χ0) is 19.5. The van der Waals surface area contributed by atoms with Gasteiger partial charge in [-0.25, -0.2) is 0 Å². The van der Waals surface area contributed by atoms with Gasteiger partial charge < -0.3 is 15.5 Å². The minimum absolute atomic E-state index is 0.0815. The van der Waals surface area contributed by atoms with Crippen molar-refractivity contribution in [2.24, 2.45) is 0 Å². The van der Waals surface area contributed by atoms with E-state index in [0.29, 0.717) is 35.1 Å². The Morgan fingerprint density at radius 2 is 1.79 bits per heavy atom. The van der Waals surface area contributed by atoms with Crippen molar-refractivity contribution >= 4 is 34.7 Å². The molecule has 1 aromatic carbocycles. The van der Waals surface area contributed by atoms with Crippen molar-refractivity contribution in [2.45, 2.75) is 44.2 Å². The van der Waals surface area contributed by atoms with E-state index >= 15 is 0 Å². The second kappa shape index (κ2) is 8.14. The van der Waals surface area contributed by atoms with Gasteiger partial charge in [0.15, 0.2) is 0 Å². The lowest BCUT2D eigenvalue weighted by Crippen LogP contribution is -2.49. The normalized spacial score (nSPS) is 19.1. The lowest BCUT2D eigenvalue weighted by Gasteiger charge is -2.34. The van der Waals surface area contributed by atoms with Crippen molar-refractivity contribution in [3.05, 3.63) is 52.2 Å². The number of anilines is 1. The van der Waals surface area contributed by atoms with Crippen molar-refractivity contribution in [3.8, 4) is 0 Å². The second-order valence-corrected chi connectivity index (χ2v) is 8.25. The summed E-state index contributed by atoms with van der Waals surface area (Å²) >= 11 is 1.39. The number of thiophene rings is 1. The van der Waals surface area contributed by atoms with Crippen LogP contribution in [0.25, 0.3) is 0 Å². The molecule has 1 aliphatic carbocycles. The number of nitrogens with one attached hydrogen (secondary N) is 2. The van der Waals surface area contributed by atoms with Crippen molar-refractivity contribution in [3.63, 3.8) is 0 Å². The molecule has 2 heterocycles. The van der Waals surface area contributed by atoms with Gasteiger partial charge in [0.25, 0.3) is 11.8 Å². The third kappa shape index (κ3) is 4.25. The van der Waals surface area contributed by atoms with Crippen LogP contribution in [0.3, 0.4) is 0 Å². The molecule has 3 amide bonds. The zero-order valence-electron chi connectivity index (χ0n) is 15.5. The number of likely N-dealkylation sites (tertiary alicyclic amines) is 1. The number of carbonyl (C=O) groups is 3. The Morgan fingerprint density at radius 3 is 2.46 bits per heavy atom. The molecule has 2 aliphatic rings. The SMILES string of the molecule is O=C(NC1CC1)c1ccc(NC(=O)[C@@H]2CCCCN2C(=O)c2cccs2)cc1. The Morgan fingerprint density at radius 1 is 1.00 bits per heavy atom. The lowest BCUT2D eigenvalue weighted by molar-refractivity contribution is -0.121. The van der Waals surface area contributed by atoms with E-state index < -0.39 is 6.04 Å². The maximum atomic E-state index is 12.8. The molecular weight excluding hydrogens is 374 g/mol. The van der Waals surface area contributed by atoms with E-state index in [-0.39, 0.29) is 17.7 Å². The molecule has 0 bridgehead atoms. The first-order valence-electron chi connectivity index (χ1n) is 9.68. The molecule has 7 heteroatoms. The molecule has 2 aromatic rings. The number of piperidine rings is 1. The molecule has 2 fully saturated rings. The van der Waals surface area contributed by atoms with Crippen LogP contribution in [0.5, 0.6) is 0 Å². The summed E-state index contributed by atoms with van der Waals surface area (Å²) in [5, 5.41) is 7.71. The van der Waals surface area contributed by atoms with Gasteiger partial charge >= 0.3 is 0 Å². The van der Waals surface area contributed by atoms with E-state index in [1.807, 2.05) is 11.4 Å². The summed E-state index contributed by atoms with van der Waals surface area (Å²) in [5.41, 5.74) is 1.21. The molecule has 146 valence electrons. The molecule has 2 N–H and O–H groups in total. The predicted octanol–water partition coefficient (Wildman–Crippen LogP) is 3.27. The molecule has 1 atom stereocenters. The molecule has 0 spiro atoms. The third-order valence-corrected chi connectivity index (χ3v) is 5.98. The van der Waals surface area contributed by atoms with Gasteiger partial charge in [-0.15, -0.1) is 11.3 Å². The molecule has 0 unspecified atom stereocenters. The third-order valence-electron chi connectivity index (χ3n) is 5.13. The van der Waals surface area contributed by atoms with Crippen LogP contribution >= 0.6 is 11.3 Å². The van der Waals surface area contributed by atoms with Crippen LogP contribution in [-0.2, 0) is 4.79 Å². The van der Waals surface area contributed by atoms with E-state index in [0.717, 1.165) is 25.7 Å². The highest BCUT2D eigenvalue weighted by molar-refractivity contribution is 7.12. The first-order valence-corrected chi connectivity index (χ1v) is 10.6. The standard InChI is InChI=1S/C21H23N3O3S/c25-19(22-16-10-11-16)14-6-8-15(9-7-14)23-20(26)17-4-1-2-12-24(17)21(27)18-5-3-13-28-18/h3,5-9,13,16-17H,1-2,4,10-12H2,(H,22,25)(H,23,26)/t17-/m0/s1. The highest BCUT2D eigenvalue weighted by Gasteiger charge is 2.33. The van der Waals surface area contributed by atoms with Crippen LogP contribution in [0.1, 0.15) is 52.1 Å². The van der Waals surface area contributed by atoms with Gasteiger partial charge in [0.2, 0.25) is 5.91 Å². The quantitative estimate of drug-likeness (QED) is 0.813. The van der Waals surface area contributed by atoms with Crippen LogP contribution in [0, 0.1) is 0 Å². The Kier molecular flexibility index (Phi) is 5.43. The van der Waals surface area contributed by atoms with Gasteiger partial charge in [-0.2, -0.15) is 0 Å². The number of benzene rings is 1. The number of carbonyl (C=O) groups excluding carboxylic acids is 3. The van der Waals surface area contributed by atoms with Crippen molar-refractivity contribution in [1.82, 2.24) is 10.2 Å². The van der Waals surface area contributed by atoms with E-state index in [9.17, 15) is 14.4 Å². The Hall–Kier alpha value is -2.67. The predicted molar refractivity (Wildman–Crippen MR) is 109 cm³/mol. The monoisotopic (exact) mass is 397 g/mol. The molecule has 1 saturated carbocycles. The van der Waals surface area contributed by atoms with Gasteiger partial charge in [-0.1, -0.05) is 6.07 Å². The van der Waals surface area contributed by atoms with Crippen LogP contribution in [0.2, 0.25) is 0 Å². The molecule has 28 heavy (non-hydrogen) atoms. The van der Waals surface area contributed by atoms with Crippen LogP contribution in [0.4, 0.5) is 5.69 Å². The smallest absolute Gasteiger partial charge is 0.264 e. The molecule has 1 aliphatic heterocycles. The minimum Gasteiger partial charge on any atom is -0.349 e. The largest absolute Gasteiger partial charge is 0.349 e. The first-order chi connectivity index (χ1) is 13.6. The van der Waals surface area contributed by atoms with Gasteiger partial charge in [0.05, 0.1) is 4.88 Å². The lowest BCUT2D eigenvalue weighted by atomic mass is 10.0. The second-order valence-electron chi connectivity index (χ2n) is 7.30. The van der Waals surface area contributed by atoms with Crippen molar-refractivity contribution in [1.29, 1.82) is 0 Å². The molecular formula is C21H23N3O3S.